The monoisotopic (exact) mass is 736 g/mol. The summed E-state index contributed by atoms with van der Waals surface area (Å²) in [5, 5.41) is 43.8. The van der Waals surface area contributed by atoms with Crippen molar-refractivity contribution in [1.29, 1.82) is 10.5 Å². The van der Waals surface area contributed by atoms with Crippen LogP contribution in [-0.4, -0.2) is 59.4 Å². The first-order chi connectivity index (χ1) is 26.1. The van der Waals surface area contributed by atoms with Crippen molar-refractivity contribution in [2.45, 2.75) is 65.8 Å². The number of carboxylic acids is 2. The number of carboxylic acid groups (broad SMARTS) is 2. The minimum Gasteiger partial charge on any atom is -0.481 e. The summed E-state index contributed by atoms with van der Waals surface area (Å²) in [5.41, 5.74) is 7.55. The largest absolute Gasteiger partial charge is 0.481 e. The summed E-state index contributed by atoms with van der Waals surface area (Å²) in [6.45, 7) is 5.99. The van der Waals surface area contributed by atoms with E-state index in [1.165, 1.54) is 14.2 Å². The van der Waals surface area contributed by atoms with E-state index < -0.39 is 11.9 Å². The number of methoxy groups -OCH3 is 2. The van der Waals surface area contributed by atoms with Crippen LogP contribution in [0.2, 0.25) is 0 Å². The molecule has 0 aliphatic heterocycles. The van der Waals surface area contributed by atoms with Crippen LogP contribution < -0.4 is 29.6 Å². The number of nitriles is 2. The molecule has 2 aromatic heterocycles. The van der Waals surface area contributed by atoms with Gasteiger partial charge in [-0.2, -0.15) is 20.5 Å². The Kier molecular flexibility index (Phi) is 15.1. The Balaban J connectivity index is 1.47. The van der Waals surface area contributed by atoms with Gasteiger partial charge in [-0.1, -0.05) is 36.4 Å². The van der Waals surface area contributed by atoms with Gasteiger partial charge in [0.2, 0.25) is 23.5 Å². The van der Waals surface area contributed by atoms with Crippen molar-refractivity contribution < 1.29 is 38.7 Å². The predicted molar refractivity (Wildman–Crippen MR) is 198 cm³/mol. The standard InChI is InChI=1S/C40H44N6O8/c1-25-27(23-53-39-29(19-41)17-31(37(45-39)51-3)21-43-15-7-13-35(47)48)9-5-11-33(25)34-12-6-10-28(26(34)2)24-54-40-30(20-42)18-32(38(46-40)52-4)22-44-16-8-14-36(49)50/h5-6,9-12,17-18,43-44H,7-8,13-16,21-24H2,1-4H3,(H,47,48)(H,49,50). The molecule has 282 valence electrons. The molecule has 4 rings (SSSR count). The van der Waals surface area contributed by atoms with E-state index in [1.54, 1.807) is 12.1 Å². The molecule has 0 aliphatic carbocycles. The number of hydrogen-bond acceptors (Lipinski definition) is 12. The zero-order valence-corrected chi connectivity index (χ0v) is 30.8. The molecular weight excluding hydrogens is 692 g/mol. The van der Waals surface area contributed by atoms with Gasteiger partial charge in [-0.15, -0.1) is 0 Å². The molecule has 0 saturated heterocycles. The molecule has 0 fully saturated rings. The molecule has 2 heterocycles. The Morgan fingerprint density at radius 3 is 1.43 bits per heavy atom. The van der Waals surface area contributed by atoms with E-state index in [0.29, 0.717) is 61.9 Å². The fraction of sp³-hybridized carbons (Fsp3) is 0.350. The van der Waals surface area contributed by atoms with Crippen molar-refractivity contribution in [2.75, 3.05) is 27.3 Å². The van der Waals surface area contributed by atoms with E-state index in [0.717, 1.165) is 33.4 Å². The minimum absolute atomic E-state index is 0.0619. The predicted octanol–water partition coefficient (Wildman–Crippen LogP) is 5.59. The van der Waals surface area contributed by atoms with Crippen molar-refractivity contribution in [3.63, 3.8) is 0 Å². The summed E-state index contributed by atoms with van der Waals surface area (Å²) in [5.74, 6) is -0.803. The number of benzene rings is 2. The van der Waals surface area contributed by atoms with Gasteiger partial charge in [0.1, 0.15) is 36.5 Å². The first-order valence-electron chi connectivity index (χ1n) is 17.3. The highest BCUT2D eigenvalue weighted by Crippen LogP contribution is 2.33. The molecule has 0 radical (unpaired) electrons. The second-order valence-electron chi connectivity index (χ2n) is 12.3. The molecule has 0 bridgehead atoms. The molecule has 0 unspecified atom stereocenters. The summed E-state index contributed by atoms with van der Waals surface area (Å²) < 4.78 is 23.1. The van der Waals surface area contributed by atoms with Crippen LogP contribution in [0, 0.1) is 36.5 Å². The molecule has 14 nitrogen and oxygen atoms in total. The number of pyridine rings is 2. The van der Waals surface area contributed by atoms with Crippen molar-refractivity contribution >= 4 is 11.9 Å². The lowest BCUT2D eigenvalue weighted by Crippen LogP contribution is -2.17. The molecule has 14 heteroatoms. The summed E-state index contributed by atoms with van der Waals surface area (Å²) in [6, 6.07) is 19.5. The van der Waals surface area contributed by atoms with Crippen molar-refractivity contribution in [2.24, 2.45) is 0 Å². The quantitative estimate of drug-likeness (QED) is 0.0770. The van der Waals surface area contributed by atoms with E-state index in [1.807, 2.05) is 50.2 Å². The van der Waals surface area contributed by atoms with Gasteiger partial charge in [-0.25, -0.2) is 0 Å². The number of nitrogens with zero attached hydrogens (tertiary/aromatic N) is 4. The normalized spacial score (nSPS) is 10.6. The number of hydrogen-bond donors (Lipinski definition) is 4. The number of carbonyl (C=O) groups is 2. The molecule has 2 aromatic carbocycles. The van der Waals surface area contributed by atoms with Gasteiger partial charge >= 0.3 is 11.9 Å². The van der Waals surface area contributed by atoms with E-state index in [4.69, 9.17) is 29.2 Å². The van der Waals surface area contributed by atoms with Gasteiger partial charge < -0.3 is 39.8 Å². The number of aromatic nitrogens is 2. The van der Waals surface area contributed by atoms with Crippen LogP contribution in [0.15, 0.2) is 48.5 Å². The Bertz CT molecular complexity index is 1890. The Morgan fingerprint density at radius 2 is 1.07 bits per heavy atom. The van der Waals surface area contributed by atoms with Crippen molar-refractivity contribution in [3.05, 3.63) is 93.0 Å². The maximum Gasteiger partial charge on any atom is 0.303 e. The van der Waals surface area contributed by atoms with Crippen LogP contribution in [0.3, 0.4) is 0 Å². The van der Waals surface area contributed by atoms with Gasteiger partial charge in [0.25, 0.3) is 0 Å². The number of rotatable bonds is 21. The number of nitrogens with one attached hydrogen (secondary N) is 2. The Morgan fingerprint density at radius 1 is 0.667 bits per heavy atom. The maximum atomic E-state index is 10.8. The molecule has 4 aromatic rings. The van der Waals surface area contributed by atoms with Crippen LogP contribution in [0.5, 0.6) is 23.5 Å². The highest BCUT2D eigenvalue weighted by molar-refractivity contribution is 5.72. The van der Waals surface area contributed by atoms with Crippen LogP contribution in [0.4, 0.5) is 0 Å². The van der Waals surface area contributed by atoms with E-state index >= 15 is 0 Å². The lowest BCUT2D eigenvalue weighted by molar-refractivity contribution is -0.138. The van der Waals surface area contributed by atoms with Crippen LogP contribution >= 0.6 is 0 Å². The molecule has 0 atom stereocenters. The summed E-state index contributed by atoms with van der Waals surface area (Å²) in [6.07, 6.45) is 1.06. The lowest BCUT2D eigenvalue weighted by Gasteiger charge is -2.17. The van der Waals surface area contributed by atoms with Gasteiger partial charge in [0.15, 0.2) is 0 Å². The van der Waals surface area contributed by atoms with Crippen LogP contribution in [0.1, 0.15) is 70.2 Å². The summed E-state index contributed by atoms with van der Waals surface area (Å²) in [7, 11) is 2.98. The second kappa shape index (κ2) is 20.1. The molecule has 0 spiro atoms. The molecule has 4 N–H and O–H groups in total. The number of ether oxygens (including phenoxy) is 4. The second-order valence-corrected chi connectivity index (χ2v) is 12.3. The van der Waals surface area contributed by atoms with Crippen molar-refractivity contribution in [1.82, 2.24) is 20.6 Å². The summed E-state index contributed by atoms with van der Waals surface area (Å²) >= 11 is 0. The fourth-order valence-corrected chi connectivity index (χ4v) is 5.76. The third kappa shape index (κ3) is 10.9. The zero-order valence-electron chi connectivity index (χ0n) is 30.8. The zero-order chi connectivity index (χ0) is 39.0. The highest BCUT2D eigenvalue weighted by atomic mass is 16.5. The van der Waals surface area contributed by atoms with Crippen molar-refractivity contribution in [3.8, 4) is 46.8 Å². The van der Waals surface area contributed by atoms with Crippen LogP contribution in [-0.2, 0) is 35.9 Å². The minimum atomic E-state index is -0.855. The average molecular weight is 737 g/mol. The Hall–Kier alpha value is -6.22. The maximum absolute atomic E-state index is 10.8. The molecular formula is C40H44N6O8. The topological polar surface area (TPSA) is 209 Å². The van der Waals surface area contributed by atoms with E-state index in [-0.39, 0.29) is 48.9 Å². The molecule has 0 amide bonds. The van der Waals surface area contributed by atoms with E-state index in [2.05, 4.69) is 32.7 Å². The Labute approximate surface area is 314 Å². The average Bonchev–Trinajstić information content (AvgIpc) is 3.16. The van der Waals surface area contributed by atoms with Gasteiger partial charge in [-0.05, 0) is 85.3 Å². The van der Waals surface area contributed by atoms with E-state index in [9.17, 15) is 20.1 Å². The first kappa shape index (κ1) is 40.5. The molecule has 0 saturated carbocycles. The third-order valence-electron chi connectivity index (χ3n) is 8.71. The van der Waals surface area contributed by atoms with Gasteiger partial charge in [0.05, 0.1) is 14.2 Å². The van der Waals surface area contributed by atoms with Gasteiger partial charge in [-0.3, -0.25) is 9.59 Å². The molecule has 54 heavy (non-hydrogen) atoms. The fourth-order valence-electron chi connectivity index (χ4n) is 5.76. The first-order valence-corrected chi connectivity index (χ1v) is 17.3. The van der Waals surface area contributed by atoms with Crippen LogP contribution in [0.25, 0.3) is 11.1 Å². The number of aliphatic carboxylic acids is 2. The summed E-state index contributed by atoms with van der Waals surface area (Å²) in [4.78, 5) is 30.5. The highest BCUT2D eigenvalue weighted by Gasteiger charge is 2.18. The third-order valence-corrected chi connectivity index (χ3v) is 8.71. The SMILES string of the molecule is COc1nc(OCc2cccc(-c3cccc(COc4nc(OC)c(CNCCCC(=O)O)cc4C#N)c3C)c2C)c(C#N)cc1CNCCCC(=O)O. The molecule has 0 aliphatic rings. The van der Waals surface area contributed by atoms with Gasteiger partial charge in [0, 0.05) is 37.1 Å². The lowest BCUT2D eigenvalue weighted by atomic mass is 9.92. The smallest absolute Gasteiger partial charge is 0.303 e.